The van der Waals surface area contributed by atoms with E-state index >= 15 is 0 Å². The van der Waals surface area contributed by atoms with Gasteiger partial charge in [0.1, 0.15) is 18.1 Å². The molecule has 2 rings (SSSR count). The Balaban J connectivity index is 1.70. The fourth-order valence-electron chi connectivity index (χ4n) is 2.12. The smallest absolute Gasteiger partial charge is 0.224 e. The highest BCUT2D eigenvalue weighted by molar-refractivity contribution is 5.78. The van der Waals surface area contributed by atoms with Gasteiger partial charge in [0.2, 0.25) is 5.91 Å². The third-order valence-electron chi connectivity index (χ3n) is 3.18. The van der Waals surface area contributed by atoms with Crippen molar-refractivity contribution in [1.29, 1.82) is 0 Å². The maximum atomic E-state index is 11.8. The van der Waals surface area contributed by atoms with Gasteiger partial charge in [-0.3, -0.25) is 4.79 Å². The standard InChI is InChI=1S/C18H21NO3/c1-14-5-3-6-15(11-14)12-18(20)19-9-10-22-17-8-4-7-16(13-17)21-2/h3-8,11,13H,9-10,12H2,1-2H3,(H,19,20). The Bertz CT molecular complexity index is 625. The van der Waals surface area contributed by atoms with Crippen molar-refractivity contribution in [3.8, 4) is 11.5 Å². The molecule has 22 heavy (non-hydrogen) atoms. The molecule has 4 heteroatoms. The molecule has 0 saturated carbocycles. The van der Waals surface area contributed by atoms with Crippen molar-refractivity contribution < 1.29 is 14.3 Å². The Kier molecular flexibility index (Phi) is 5.83. The largest absolute Gasteiger partial charge is 0.497 e. The van der Waals surface area contributed by atoms with E-state index in [1.165, 1.54) is 0 Å². The second-order valence-electron chi connectivity index (χ2n) is 5.04. The van der Waals surface area contributed by atoms with Crippen LogP contribution in [0.1, 0.15) is 11.1 Å². The highest BCUT2D eigenvalue weighted by atomic mass is 16.5. The van der Waals surface area contributed by atoms with Gasteiger partial charge in [-0.2, -0.15) is 0 Å². The zero-order valence-electron chi connectivity index (χ0n) is 13.0. The Morgan fingerprint density at radius 3 is 2.64 bits per heavy atom. The van der Waals surface area contributed by atoms with Gasteiger partial charge in [-0.25, -0.2) is 0 Å². The number of carbonyl (C=O) groups excluding carboxylic acids is 1. The number of benzene rings is 2. The summed E-state index contributed by atoms with van der Waals surface area (Å²) >= 11 is 0. The van der Waals surface area contributed by atoms with Crippen molar-refractivity contribution in [3.05, 3.63) is 59.7 Å². The highest BCUT2D eigenvalue weighted by Crippen LogP contribution is 2.18. The second-order valence-corrected chi connectivity index (χ2v) is 5.04. The zero-order chi connectivity index (χ0) is 15.8. The van der Waals surface area contributed by atoms with Gasteiger partial charge in [-0.15, -0.1) is 0 Å². The van der Waals surface area contributed by atoms with E-state index in [0.717, 1.165) is 22.6 Å². The predicted molar refractivity (Wildman–Crippen MR) is 86.4 cm³/mol. The summed E-state index contributed by atoms with van der Waals surface area (Å²) in [7, 11) is 1.62. The summed E-state index contributed by atoms with van der Waals surface area (Å²) in [5.74, 6) is 1.48. The van der Waals surface area contributed by atoms with Crippen molar-refractivity contribution in [3.63, 3.8) is 0 Å². The molecule has 0 fully saturated rings. The first-order chi connectivity index (χ1) is 10.7. The molecule has 1 amide bonds. The van der Waals surface area contributed by atoms with Crippen LogP contribution in [0, 0.1) is 6.92 Å². The molecular weight excluding hydrogens is 278 g/mol. The third-order valence-corrected chi connectivity index (χ3v) is 3.18. The van der Waals surface area contributed by atoms with Crippen LogP contribution in [0.4, 0.5) is 0 Å². The molecule has 0 unspecified atom stereocenters. The minimum absolute atomic E-state index is 0.000146. The van der Waals surface area contributed by atoms with Crippen LogP contribution in [0.2, 0.25) is 0 Å². The van der Waals surface area contributed by atoms with Gasteiger partial charge < -0.3 is 14.8 Å². The molecule has 0 aromatic heterocycles. The topological polar surface area (TPSA) is 47.6 Å². The van der Waals surface area contributed by atoms with E-state index in [-0.39, 0.29) is 5.91 Å². The molecule has 1 N–H and O–H groups in total. The molecule has 0 aliphatic heterocycles. The maximum absolute atomic E-state index is 11.8. The van der Waals surface area contributed by atoms with Gasteiger partial charge in [-0.1, -0.05) is 35.9 Å². The van der Waals surface area contributed by atoms with E-state index in [4.69, 9.17) is 9.47 Å². The molecule has 0 saturated heterocycles. The van der Waals surface area contributed by atoms with Gasteiger partial charge in [0, 0.05) is 6.07 Å². The van der Waals surface area contributed by atoms with E-state index in [1.807, 2.05) is 55.5 Å². The molecule has 2 aromatic rings. The fourth-order valence-corrected chi connectivity index (χ4v) is 2.12. The monoisotopic (exact) mass is 299 g/mol. The summed E-state index contributed by atoms with van der Waals surface area (Å²) in [6, 6.07) is 15.4. The summed E-state index contributed by atoms with van der Waals surface area (Å²) in [6.45, 7) is 2.91. The van der Waals surface area contributed by atoms with Crippen molar-refractivity contribution in [2.45, 2.75) is 13.3 Å². The lowest BCUT2D eigenvalue weighted by molar-refractivity contribution is -0.120. The summed E-state index contributed by atoms with van der Waals surface area (Å²) in [5, 5.41) is 2.85. The predicted octanol–water partition coefficient (Wildman–Crippen LogP) is 2.74. The summed E-state index contributed by atoms with van der Waals surface area (Å²) in [6.07, 6.45) is 0.390. The average Bonchev–Trinajstić information content (AvgIpc) is 2.52. The fraction of sp³-hybridized carbons (Fsp3) is 0.278. The Morgan fingerprint density at radius 2 is 1.86 bits per heavy atom. The number of methoxy groups -OCH3 is 1. The number of ether oxygens (including phenoxy) is 2. The van der Waals surface area contributed by atoms with Crippen LogP contribution in [-0.4, -0.2) is 26.2 Å². The summed E-state index contributed by atoms with van der Waals surface area (Å²) in [5.41, 5.74) is 2.18. The number of amides is 1. The summed E-state index contributed by atoms with van der Waals surface area (Å²) < 4.78 is 10.7. The van der Waals surface area contributed by atoms with Crippen LogP contribution in [-0.2, 0) is 11.2 Å². The van der Waals surface area contributed by atoms with Crippen LogP contribution in [0.15, 0.2) is 48.5 Å². The minimum atomic E-state index is -0.000146. The number of rotatable bonds is 7. The summed E-state index contributed by atoms with van der Waals surface area (Å²) in [4.78, 5) is 11.8. The van der Waals surface area contributed by atoms with Crippen LogP contribution < -0.4 is 14.8 Å². The molecule has 0 spiro atoms. The first-order valence-corrected chi connectivity index (χ1v) is 7.26. The van der Waals surface area contributed by atoms with Crippen LogP contribution in [0.5, 0.6) is 11.5 Å². The van der Waals surface area contributed by atoms with Crippen molar-refractivity contribution >= 4 is 5.91 Å². The molecule has 0 bridgehead atoms. The van der Waals surface area contributed by atoms with Crippen molar-refractivity contribution in [2.75, 3.05) is 20.3 Å². The number of hydrogen-bond donors (Lipinski definition) is 1. The highest BCUT2D eigenvalue weighted by Gasteiger charge is 2.03. The molecule has 116 valence electrons. The molecule has 0 atom stereocenters. The quantitative estimate of drug-likeness (QED) is 0.800. The van der Waals surface area contributed by atoms with Gasteiger partial charge in [-0.05, 0) is 24.6 Å². The van der Waals surface area contributed by atoms with Crippen molar-refractivity contribution in [2.24, 2.45) is 0 Å². The molecular formula is C18H21NO3. The first-order valence-electron chi connectivity index (χ1n) is 7.26. The van der Waals surface area contributed by atoms with E-state index in [0.29, 0.717) is 19.6 Å². The van der Waals surface area contributed by atoms with Gasteiger partial charge in [0.25, 0.3) is 0 Å². The lowest BCUT2D eigenvalue weighted by Gasteiger charge is -2.09. The Hall–Kier alpha value is -2.49. The van der Waals surface area contributed by atoms with E-state index in [9.17, 15) is 4.79 Å². The van der Waals surface area contributed by atoms with Gasteiger partial charge >= 0.3 is 0 Å². The normalized spacial score (nSPS) is 10.1. The van der Waals surface area contributed by atoms with E-state index in [2.05, 4.69) is 5.32 Å². The van der Waals surface area contributed by atoms with Gasteiger partial charge in [0.05, 0.1) is 20.1 Å². The number of aryl methyl sites for hydroxylation is 1. The molecule has 2 aromatic carbocycles. The van der Waals surface area contributed by atoms with Gasteiger partial charge in [0.15, 0.2) is 0 Å². The van der Waals surface area contributed by atoms with Crippen LogP contribution >= 0.6 is 0 Å². The Morgan fingerprint density at radius 1 is 1.09 bits per heavy atom. The third kappa shape index (κ3) is 5.13. The van der Waals surface area contributed by atoms with E-state index < -0.39 is 0 Å². The number of hydrogen-bond acceptors (Lipinski definition) is 3. The molecule has 0 radical (unpaired) electrons. The average molecular weight is 299 g/mol. The molecule has 4 nitrogen and oxygen atoms in total. The van der Waals surface area contributed by atoms with Crippen molar-refractivity contribution in [1.82, 2.24) is 5.32 Å². The minimum Gasteiger partial charge on any atom is -0.497 e. The molecule has 0 aliphatic rings. The molecule has 0 heterocycles. The molecule has 0 aliphatic carbocycles. The SMILES string of the molecule is COc1cccc(OCCNC(=O)Cc2cccc(C)c2)c1. The number of nitrogens with one attached hydrogen (secondary N) is 1. The van der Waals surface area contributed by atoms with Crippen LogP contribution in [0.3, 0.4) is 0 Å². The second kappa shape index (κ2) is 8.08. The Labute approximate surface area is 131 Å². The lowest BCUT2D eigenvalue weighted by atomic mass is 10.1. The number of carbonyl (C=O) groups is 1. The zero-order valence-corrected chi connectivity index (χ0v) is 13.0. The first kappa shape index (κ1) is 15.9. The maximum Gasteiger partial charge on any atom is 0.224 e. The van der Waals surface area contributed by atoms with Crippen LogP contribution in [0.25, 0.3) is 0 Å². The van der Waals surface area contributed by atoms with E-state index in [1.54, 1.807) is 7.11 Å². The lowest BCUT2D eigenvalue weighted by Crippen LogP contribution is -2.29.